The number of aromatic amines is 1. The van der Waals surface area contributed by atoms with Gasteiger partial charge in [-0.05, 0) is 31.0 Å². The number of aliphatic hydroxyl groups excluding tert-OH is 1. The molecule has 0 saturated heterocycles. The quantitative estimate of drug-likeness (QED) is 0.732. The maximum Gasteiger partial charge on any atom is 0.256 e. The third-order valence-electron chi connectivity index (χ3n) is 3.02. The van der Waals surface area contributed by atoms with Gasteiger partial charge in [-0.2, -0.15) is 0 Å². The second-order valence-electron chi connectivity index (χ2n) is 4.51. The van der Waals surface area contributed by atoms with Crippen LogP contribution in [0.4, 0.5) is 4.39 Å². The van der Waals surface area contributed by atoms with Crippen LogP contribution >= 0.6 is 0 Å². The van der Waals surface area contributed by atoms with Crippen molar-refractivity contribution in [2.45, 2.75) is 13.3 Å². The Bertz CT molecular complexity index is 709. The summed E-state index contributed by atoms with van der Waals surface area (Å²) in [6.07, 6.45) is 1.73. The molecule has 0 atom stereocenters. The fourth-order valence-corrected chi connectivity index (χ4v) is 2.01. The zero-order valence-corrected chi connectivity index (χ0v) is 11.0. The Kier molecular flexibility index (Phi) is 4.14. The van der Waals surface area contributed by atoms with Gasteiger partial charge in [0, 0.05) is 24.7 Å². The predicted molar refractivity (Wildman–Crippen MR) is 73.3 cm³/mol. The van der Waals surface area contributed by atoms with E-state index in [-0.39, 0.29) is 24.1 Å². The Morgan fingerprint density at radius 3 is 2.90 bits per heavy atom. The molecular formula is C14H15FN2O3. The highest BCUT2D eigenvalue weighted by atomic mass is 19.1. The second kappa shape index (κ2) is 5.83. The number of rotatable bonds is 4. The third kappa shape index (κ3) is 2.70. The Balaban J connectivity index is 2.44. The second-order valence-corrected chi connectivity index (χ2v) is 4.51. The number of hydrogen-bond donors (Lipinski definition) is 3. The van der Waals surface area contributed by atoms with Gasteiger partial charge >= 0.3 is 0 Å². The minimum Gasteiger partial charge on any atom is -0.396 e. The first-order valence-electron chi connectivity index (χ1n) is 6.25. The maximum absolute atomic E-state index is 13.4. The minimum absolute atomic E-state index is 0.0429. The van der Waals surface area contributed by atoms with Gasteiger partial charge in [0.05, 0.1) is 5.52 Å². The van der Waals surface area contributed by atoms with E-state index in [1.54, 1.807) is 6.92 Å². The topological polar surface area (TPSA) is 82.2 Å². The number of amides is 1. The van der Waals surface area contributed by atoms with Gasteiger partial charge in [-0.1, -0.05) is 0 Å². The van der Waals surface area contributed by atoms with Gasteiger partial charge in [0.1, 0.15) is 11.4 Å². The van der Waals surface area contributed by atoms with Crippen LogP contribution in [0.15, 0.2) is 23.1 Å². The van der Waals surface area contributed by atoms with Crippen molar-refractivity contribution in [1.29, 1.82) is 0 Å². The molecule has 20 heavy (non-hydrogen) atoms. The average molecular weight is 278 g/mol. The molecule has 1 aromatic carbocycles. The summed E-state index contributed by atoms with van der Waals surface area (Å²) in [6, 6.07) is 2.44. The molecule has 0 aliphatic carbocycles. The summed E-state index contributed by atoms with van der Waals surface area (Å²) in [5.41, 5.74) is 0.538. The number of benzene rings is 1. The van der Waals surface area contributed by atoms with Crippen molar-refractivity contribution < 1.29 is 14.3 Å². The first kappa shape index (κ1) is 14.2. The number of hydrogen-bond acceptors (Lipinski definition) is 3. The van der Waals surface area contributed by atoms with Crippen LogP contribution in [0.3, 0.4) is 0 Å². The van der Waals surface area contributed by atoms with Gasteiger partial charge < -0.3 is 15.4 Å². The molecule has 0 spiro atoms. The third-order valence-corrected chi connectivity index (χ3v) is 3.02. The molecular weight excluding hydrogens is 263 g/mol. The molecule has 5 nitrogen and oxygen atoms in total. The molecule has 0 radical (unpaired) electrons. The number of aromatic nitrogens is 1. The molecule has 0 fully saturated rings. The Labute approximate surface area is 114 Å². The van der Waals surface area contributed by atoms with E-state index in [0.717, 1.165) is 6.07 Å². The zero-order valence-electron chi connectivity index (χ0n) is 11.0. The molecule has 0 unspecified atom stereocenters. The summed E-state index contributed by atoms with van der Waals surface area (Å²) in [7, 11) is 0. The fourth-order valence-electron chi connectivity index (χ4n) is 2.01. The molecule has 0 saturated carbocycles. The van der Waals surface area contributed by atoms with E-state index < -0.39 is 17.2 Å². The van der Waals surface area contributed by atoms with Crippen molar-refractivity contribution in [2.75, 3.05) is 13.2 Å². The van der Waals surface area contributed by atoms with Gasteiger partial charge in [0.2, 0.25) is 5.43 Å². The summed E-state index contributed by atoms with van der Waals surface area (Å²) in [5, 5.41) is 11.3. The summed E-state index contributed by atoms with van der Waals surface area (Å²) >= 11 is 0. The van der Waals surface area contributed by atoms with Crippen molar-refractivity contribution in [3.05, 3.63) is 45.5 Å². The molecule has 1 heterocycles. The largest absolute Gasteiger partial charge is 0.396 e. The monoisotopic (exact) mass is 278 g/mol. The molecule has 1 amide bonds. The van der Waals surface area contributed by atoms with Crippen molar-refractivity contribution in [3.8, 4) is 0 Å². The number of carbonyl (C=O) groups is 1. The number of aryl methyl sites for hydroxylation is 1. The van der Waals surface area contributed by atoms with Gasteiger partial charge in [-0.3, -0.25) is 9.59 Å². The van der Waals surface area contributed by atoms with E-state index in [0.29, 0.717) is 17.5 Å². The van der Waals surface area contributed by atoms with Crippen molar-refractivity contribution in [1.82, 2.24) is 10.3 Å². The normalized spacial score (nSPS) is 10.8. The van der Waals surface area contributed by atoms with Crippen LogP contribution in [-0.2, 0) is 0 Å². The highest BCUT2D eigenvalue weighted by Crippen LogP contribution is 2.15. The van der Waals surface area contributed by atoms with Gasteiger partial charge in [0.25, 0.3) is 5.91 Å². The van der Waals surface area contributed by atoms with E-state index in [9.17, 15) is 14.0 Å². The standard InChI is InChI=1S/C14H15FN2O3/c1-8-5-9(15)6-10-12(8)17-7-11(13(10)19)14(20)16-3-2-4-18/h5-7,18H,2-4H2,1H3,(H,16,20)(H,17,19). The highest BCUT2D eigenvalue weighted by Gasteiger charge is 2.14. The number of fused-ring (bicyclic) bond motifs is 1. The number of pyridine rings is 1. The van der Waals surface area contributed by atoms with Crippen LogP contribution in [0.2, 0.25) is 0 Å². The van der Waals surface area contributed by atoms with Crippen LogP contribution in [0.5, 0.6) is 0 Å². The lowest BCUT2D eigenvalue weighted by atomic mass is 10.1. The number of H-pyrrole nitrogens is 1. The molecule has 0 bridgehead atoms. The van der Waals surface area contributed by atoms with E-state index in [1.165, 1.54) is 12.3 Å². The van der Waals surface area contributed by atoms with E-state index in [4.69, 9.17) is 5.11 Å². The van der Waals surface area contributed by atoms with E-state index in [2.05, 4.69) is 10.3 Å². The van der Waals surface area contributed by atoms with Crippen LogP contribution in [-0.4, -0.2) is 29.1 Å². The first-order valence-corrected chi connectivity index (χ1v) is 6.25. The zero-order chi connectivity index (χ0) is 14.7. The smallest absolute Gasteiger partial charge is 0.256 e. The minimum atomic E-state index is -0.538. The SMILES string of the molecule is Cc1cc(F)cc2c(=O)c(C(=O)NCCCO)c[nH]c12. The van der Waals surface area contributed by atoms with Crippen LogP contribution < -0.4 is 10.7 Å². The molecule has 0 aliphatic rings. The van der Waals surface area contributed by atoms with Crippen molar-refractivity contribution >= 4 is 16.8 Å². The first-order chi connectivity index (χ1) is 9.54. The number of carbonyl (C=O) groups excluding carboxylic acids is 1. The molecule has 2 rings (SSSR count). The lowest BCUT2D eigenvalue weighted by molar-refractivity contribution is 0.0950. The molecule has 2 aromatic rings. The molecule has 106 valence electrons. The lowest BCUT2D eigenvalue weighted by Crippen LogP contribution is -2.30. The summed E-state index contributed by atoms with van der Waals surface area (Å²) in [4.78, 5) is 26.9. The van der Waals surface area contributed by atoms with E-state index >= 15 is 0 Å². The Hall–Kier alpha value is -2.21. The predicted octanol–water partition coefficient (Wildman–Crippen LogP) is 1.09. The average Bonchev–Trinajstić information content (AvgIpc) is 2.40. The number of halogens is 1. The summed E-state index contributed by atoms with van der Waals surface area (Å²) in [5.74, 6) is -1.05. The fraction of sp³-hybridized carbons (Fsp3) is 0.286. The van der Waals surface area contributed by atoms with Crippen molar-refractivity contribution in [3.63, 3.8) is 0 Å². The number of nitrogens with one attached hydrogen (secondary N) is 2. The number of aliphatic hydroxyl groups is 1. The molecule has 0 aliphatic heterocycles. The van der Waals surface area contributed by atoms with Crippen LogP contribution in [0.25, 0.3) is 10.9 Å². The summed E-state index contributed by atoms with van der Waals surface area (Å²) in [6.45, 7) is 1.91. The van der Waals surface area contributed by atoms with E-state index in [1.807, 2.05) is 0 Å². The maximum atomic E-state index is 13.4. The van der Waals surface area contributed by atoms with Gasteiger partial charge in [-0.15, -0.1) is 0 Å². The molecule has 1 aromatic heterocycles. The highest BCUT2D eigenvalue weighted by molar-refractivity contribution is 5.97. The molecule has 3 N–H and O–H groups in total. The van der Waals surface area contributed by atoms with Gasteiger partial charge in [0.15, 0.2) is 0 Å². The molecule has 6 heteroatoms. The van der Waals surface area contributed by atoms with Crippen molar-refractivity contribution in [2.24, 2.45) is 0 Å². The van der Waals surface area contributed by atoms with Gasteiger partial charge in [-0.25, -0.2) is 4.39 Å². The lowest BCUT2D eigenvalue weighted by Gasteiger charge is -2.06. The summed E-state index contributed by atoms with van der Waals surface area (Å²) < 4.78 is 13.4. The van der Waals surface area contributed by atoms with Crippen LogP contribution in [0.1, 0.15) is 22.3 Å². The van der Waals surface area contributed by atoms with Crippen LogP contribution in [0, 0.1) is 12.7 Å². The Morgan fingerprint density at radius 1 is 1.45 bits per heavy atom. The Morgan fingerprint density at radius 2 is 2.20 bits per heavy atom.